The highest BCUT2D eigenvalue weighted by molar-refractivity contribution is 5.62. The zero-order chi connectivity index (χ0) is 13.0. The monoisotopic (exact) mass is 248 g/mol. The minimum Gasteiger partial charge on any atom is -0.396 e. The molecule has 100 valence electrons. The first-order valence-corrected chi connectivity index (χ1v) is 6.88. The molecule has 0 radical (unpaired) electrons. The molecule has 1 saturated heterocycles. The molecule has 0 amide bonds. The van der Waals surface area contributed by atoms with Gasteiger partial charge in [0, 0.05) is 38.9 Å². The summed E-state index contributed by atoms with van der Waals surface area (Å²) in [6, 6.07) is 3.81. The molecule has 4 nitrogen and oxygen atoms in total. The Hall–Kier alpha value is -1.29. The number of hydrogen-bond donors (Lipinski definition) is 1. The third kappa shape index (κ3) is 3.13. The topological polar surface area (TPSA) is 45.4 Å². The van der Waals surface area contributed by atoms with Gasteiger partial charge in [0.05, 0.1) is 5.69 Å². The molecular weight excluding hydrogens is 224 g/mol. The first-order valence-electron chi connectivity index (χ1n) is 6.88. The minimum atomic E-state index is 0.785. The van der Waals surface area contributed by atoms with Crippen molar-refractivity contribution >= 4 is 11.5 Å². The van der Waals surface area contributed by atoms with E-state index in [1.807, 2.05) is 18.3 Å². The zero-order valence-electron chi connectivity index (χ0n) is 11.5. The van der Waals surface area contributed by atoms with Crippen molar-refractivity contribution < 1.29 is 0 Å². The molecule has 0 saturated carbocycles. The van der Waals surface area contributed by atoms with Crippen molar-refractivity contribution in [1.82, 2.24) is 9.88 Å². The molecule has 1 aromatic rings. The maximum absolute atomic E-state index is 5.97. The van der Waals surface area contributed by atoms with Crippen molar-refractivity contribution in [2.45, 2.75) is 20.3 Å². The van der Waals surface area contributed by atoms with Crippen LogP contribution in [0.25, 0.3) is 0 Å². The highest BCUT2D eigenvalue weighted by Gasteiger charge is 2.20. The van der Waals surface area contributed by atoms with E-state index in [2.05, 4.69) is 28.6 Å². The summed E-state index contributed by atoms with van der Waals surface area (Å²) in [5.41, 5.74) is 6.76. The summed E-state index contributed by atoms with van der Waals surface area (Å²) in [7, 11) is 0. The Labute approximate surface area is 110 Å². The molecule has 2 N–H and O–H groups in total. The lowest BCUT2D eigenvalue weighted by Gasteiger charge is -2.36. The van der Waals surface area contributed by atoms with Gasteiger partial charge in [-0.15, -0.1) is 0 Å². The van der Waals surface area contributed by atoms with E-state index in [1.54, 1.807) is 0 Å². The molecule has 18 heavy (non-hydrogen) atoms. The van der Waals surface area contributed by atoms with E-state index in [9.17, 15) is 0 Å². The predicted molar refractivity (Wildman–Crippen MR) is 76.8 cm³/mol. The number of pyridine rings is 1. The molecule has 0 bridgehead atoms. The number of nitrogens with two attached hydrogens (primary N) is 1. The van der Waals surface area contributed by atoms with Crippen LogP contribution in [0.15, 0.2) is 18.3 Å². The molecule has 0 unspecified atom stereocenters. The van der Waals surface area contributed by atoms with Crippen LogP contribution in [0.3, 0.4) is 0 Å². The third-order valence-corrected chi connectivity index (χ3v) is 3.76. The maximum atomic E-state index is 5.97. The van der Waals surface area contributed by atoms with Crippen LogP contribution in [-0.2, 0) is 0 Å². The third-order valence-electron chi connectivity index (χ3n) is 3.76. The lowest BCUT2D eigenvalue weighted by atomic mass is 10.1. The number of aromatic nitrogens is 1. The second kappa shape index (κ2) is 6.05. The average molecular weight is 248 g/mol. The zero-order valence-corrected chi connectivity index (χ0v) is 11.5. The summed E-state index contributed by atoms with van der Waals surface area (Å²) in [6.07, 6.45) is 3.07. The van der Waals surface area contributed by atoms with Crippen LogP contribution >= 0.6 is 0 Å². The fraction of sp³-hybridized carbons (Fsp3) is 0.643. The number of hydrogen-bond acceptors (Lipinski definition) is 4. The second-order valence-corrected chi connectivity index (χ2v) is 5.22. The highest BCUT2D eigenvalue weighted by Crippen LogP contribution is 2.20. The normalized spacial score (nSPS) is 18.9. The van der Waals surface area contributed by atoms with Crippen LogP contribution < -0.4 is 10.6 Å². The number of anilines is 2. The van der Waals surface area contributed by atoms with Crippen LogP contribution in [0.2, 0.25) is 0 Å². The van der Waals surface area contributed by atoms with Crippen molar-refractivity contribution in [1.29, 1.82) is 0 Å². The Morgan fingerprint density at radius 1 is 1.33 bits per heavy atom. The Kier molecular flexibility index (Phi) is 4.42. The van der Waals surface area contributed by atoms with Crippen LogP contribution in [-0.4, -0.2) is 42.6 Å². The minimum absolute atomic E-state index is 0.785. The fourth-order valence-electron chi connectivity index (χ4n) is 2.39. The molecule has 1 aliphatic rings. The average Bonchev–Trinajstić information content (AvgIpc) is 2.40. The van der Waals surface area contributed by atoms with E-state index >= 15 is 0 Å². The van der Waals surface area contributed by atoms with Gasteiger partial charge in [-0.1, -0.05) is 20.3 Å². The van der Waals surface area contributed by atoms with Gasteiger partial charge in [-0.2, -0.15) is 0 Å². The Balaban J connectivity index is 1.89. The van der Waals surface area contributed by atoms with E-state index in [4.69, 9.17) is 5.73 Å². The molecule has 2 rings (SSSR count). The van der Waals surface area contributed by atoms with Crippen molar-refractivity contribution in [3.63, 3.8) is 0 Å². The van der Waals surface area contributed by atoms with Gasteiger partial charge >= 0.3 is 0 Å². The first kappa shape index (κ1) is 13.1. The molecule has 1 aliphatic heterocycles. The van der Waals surface area contributed by atoms with Gasteiger partial charge in [0.25, 0.3) is 0 Å². The summed E-state index contributed by atoms with van der Waals surface area (Å²) < 4.78 is 0. The van der Waals surface area contributed by atoms with Gasteiger partial charge in [0.2, 0.25) is 0 Å². The Morgan fingerprint density at radius 3 is 2.67 bits per heavy atom. The van der Waals surface area contributed by atoms with Gasteiger partial charge in [-0.05, 0) is 18.1 Å². The number of nitrogen functional groups attached to an aromatic ring is 1. The van der Waals surface area contributed by atoms with Crippen LogP contribution in [0.5, 0.6) is 0 Å². The van der Waals surface area contributed by atoms with E-state index in [0.717, 1.165) is 43.6 Å². The quantitative estimate of drug-likeness (QED) is 0.883. The van der Waals surface area contributed by atoms with E-state index < -0.39 is 0 Å². The summed E-state index contributed by atoms with van der Waals surface area (Å²) in [6.45, 7) is 10.1. The standard InChI is InChI=1S/C14H24N4/c1-3-12(2)11-17-7-9-18(10-8-17)14-13(15)5-4-6-16-14/h4-6,12H,3,7-11,15H2,1-2H3/t12-/m1/s1. The highest BCUT2D eigenvalue weighted by atomic mass is 15.3. The van der Waals surface area contributed by atoms with Gasteiger partial charge < -0.3 is 10.6 Å². The van der Waals surface area contributed by atoms with Gasteiger partial charge in [0.1, 0.15) is 0 Å². The van der Waals surface area contributed by atoms with E-state index in [1.165, 1.54) is 13.0 Å². The van der Waals surface area contributed by atoms with Gasteiger partial charge in [0.15, 0.2) is 5.82 Å². The van der Waals surface area contributed by atoms with Crippen molar-refractivity contribution in [2.75, 3.05) is 43.4 Å². The predicted octanol–water partition coefficient (Wildman–Crippen LogP) is 1.83. The summed E-state index contributed by atoms with van der Waals surface area (Å²) in [5, 5.41) is 0. The first-order chi connectivity index (χ1) is 8.70. The van der Waals surface area contributed by atoms with Gasteiger partial charge in [-0.3, -0.25) is 4.90 Å². The molecule has 1 atom stereocenters. The number of nitrogens with zero attached hydrogens (tertiary/aromatic N) is 3. The number of rotatable bonds is 4. The summed E-state index contributed by atoms with van der Waals surface area (Å²) in [5.74, 6) is 1.73. The molecule has 0 spiro atoms. The molecule has 1 aromatic heterocycles. The largest absolute Gasteiger partial charge is 0.396 e. The van der Waals surface area contributed by atoms with E-state index in [-0.39, 0.29) is 0 Å². The maximum Gasteiger partial charge on any atom is 0.151 e. The Bertz CT molecular complexity index is 372. The molecule has 1 fully saturated rings. The summed E-state index contributed by atoms with van der Waals surface area (Å²) >= 11 is 0. The molecule has 0 aliphatic carbocycles. The molecular formula is C14H24N4. The summed E-state index contributed by atoms with van der Waals surface area (Å²) in [4.78, 5) is 9.23. The van der Waals surface area contributed by atoms with Crippen LogP contribution in [0.4, 0.5) is 11.5 Å². The smallest absolute Gasteiger partial charge is 0.151 e. The number of piperazine rings is 1. The molecule has 4 heteroatoms. The lowest BCUT2D eigenvalue weighted by Crippen LogP contribution is -2.48. The molecule has 0 aromatic carbocycles. The second-order valence-electron chi connectivity index (χ2n) is 5.22. The fourth-order valence-corrected chi connectivity index (χ4v) is 2.39. The van der Waals surface area contributed by atoms with Gasteiger partial charge in [-0.25, -0.2) is 4.98 Å². The van der Waals surface area contributed by atoms with Crippen LogP contribution in [0, 0.1) is 5.92 Å². The van der Waals surface area contributed by atoms with E-state index in [0.29, 0.717) is 0 Å². The lowest BCUT2D eigenvalue weighted by molar-refractivity contribution is 0.222. The Morgan fingerprint density at radius 2 is 2.06 bits per heavy atom. The van der Waals surface area contributed by atoms with Crippen molar-refractivity contribution in [3.8, 4) is 0 Å². The van der Waals surface area contributed by atoms with Crippen molar-refractivity contribution in [2.24, 2.45) is 5.92 Å². The molecule has 2 heterocycles. The van der Waals surface area contributed by atoms with Crippen LogP contribution in [0.1, 0.15) is 20.3 Å². The van der Waals surface area contributed by atoms with Crippen molar-refractivity contribution in [3.05, 3.63) is 18.3 Å². The SMILES string of the molecule is CC[C@@H](C)CN1CCN(c2ncccc2N)CC1.